The molecule has 0 saturated heterocycles. The lowest BCUT2D eigenvalue weighted by molar-refractivity contribution is -0.127. The first kappa shape index (κ1) is 24.4. The molecule has 3 aromatic rings. The number of nitrogens with two attached hydrogens (primary N) is 2. The number of rotatable bonds is 8. The molecule has 3 amide bonds. The van der Waals surface area contributed by atoms with Crippen LogP contribution in [0.2, 0.25) is 0 Å². The quantitative estimate of drug-likeness (QED) is 0.433. The van der Waals surface area contributed by atoms with Crippen molar-refractivity contribution < 1.29 is 23.2 Å². The summed E-state index contributed by atoms with van der Waals surface area (Å²) in [6.45, 7) is -0.0742. The average molecular weight is 500 g/mol. The van der Waals surface area contributed by atoms with Crippen molar-refractivity contribution in [1.82, 2.24) is 14.6 Å². The van der Waals surface area contributed by atoms with Gasteiger partial charge >= 0.3 is 0 Å². The van der Waals surface area contributed by atoms with Crippen molar-refractivity contribution in [2.24, 2.45) is 5.73 Å². The van der Waals surface area contributed by atoms with E-state index < -0.39 is 29.6 Å². The predicted molar refractivity (Wildman–Crippen MR) is 128 cm³/mol. The van der Waals surface area contributed by atoms with E-state index in [0.29, 0.717) is 11.3 Å². The van der Waals surface area contributed by atoms with Gasteiger partial charge in [-0.05, 0) is 54.2 Å². The summed E-state index contributed by atoms with van der Waals surface area (Å²) in [7, 11) is 0. The molecule has 0 bridgehead atoms. The van der Waals surface area contributed by atoms with E-state index in [0.717, 1.165) is 43.6 Å². The maximum Gasteiger partial charge on any atom is 0.270 e. The summed E-state index contributed by atoms with van der Waals surface area (Å²) < 4.78 is 23.1. The third kappa shape index (κ3) is 5.51. The van der Waals surface area contributed by atoms with Gasteiger partial charge in [-0.15, -0.1) is 0 Å². The van der Waals surface area contributed by atoms with Crippen LogP contribution in [0.25, 0.3) is 0 Å². The topological polar surface area (TPSA) is 145 Å². The Labute approximate surface area is 205 Å². The first-order valence-electron chi connectivity index (χ1n) is 11.3. The lowest BCUT2D eigenvalue weighted by Crippen LogP contribution is -2.46. The van der Waals surface area contributed by atoms with Crippen molar-refractivity contribution in [3.8, 4) is 0 Å². The Morgan fingerprint density at radius 1 is 1.17 bits per heavy atom. The van der Waals surface area contributed by atoms with Crippen LogP contribution in [0.4, 0.5) is 10.1 Å². The number of nitrogens with one attached hydrogen (secondary N) is 1. The van der Waals surface area contributed by atoms with Crippen molar-refractivity contribution in [2.75, 3.05) is 5.73 Å². The molecule has 5 N–H and O–H groups in total. The third-order valence-corrected chi connectivity index (χ3v) is 6.87. The van der Waals surface area contributed by atoms with Gasteiger partial charge in [0.1, 0.15) is 22.5 Å². The smallest absolute Gasteiger partial charge is 0.270 e. The second-order valence-electron chi connectivity index (χ2n) is 8.45. The van der Waals surface area contributed by atoms with E-state index in [1.165, 1.54) is 35.4 Å². The second kappa shape index (κ2) is 10.7. The van der Waals surface area contributed by atoms with Crippen LogP contribution in [0.3, 0.4) is 0 Å². The summed E-state index contributed by atoms with van der Waals surface area (Å²) in [6.07, 6.45) is 6.28. The van der Waals surface area contributed by atoms with Gasteiger partial charge in [0.05, 0.1) is 18.5 Å². The Hall–Kier alpha value is -3.73. The van der Waals surface area contributed by atoms with Crippen LogP contribution in [0.1, 0.15) is 69.6 Å². The second-order valence-corrected chi connectivity index (χ2v) is 9.22. The van der Waals surface area contributed by atoms with Crippen molar-refractivity contribution >= 4 is 34.9 Å². The summed E-state index contributed by atoms with van der Waals surface area (Å²) in [5.41, 5.74) is 11.4. The molecule has 1 aromatic carbocycles. The number of hydrogen-bond donors (Lipinski definition) is 3. The van der Waals surface area contributed by atoms with Gasteiger partial charge in [0.15, 0.2) is 5.69 Å². The minimum Gasteiger partial charge on any atom is -0.467 e. The van der Waals surface area contributed by atoms with Gasteiger partial charge in [-0.25, -0.2) is 4.39 Å². The van der Waals surface area contributed by atoms with Crippen molar-refractivity contribution in [2.45, 2.75) is 50.7 Å². The molecular weight excluding hydrogens is 473 g/mol. The number of hydrogen-bond acceptors (Lipinski definition) is 7. The molecule has 2 aromatic heterocycles. The molecule has 0 spiro atoms. The van der Waals surface area contributed by atoms with E-state index in [-0.39, 0.29) is 28.8 Å². The fraction of sp³-hybridized carbons (Fsp3) is 0.333. The maximum atomic E-state index is 13.8. The Balaban J connectivity index is 1.75. The predicted octanol–water partition coefficient (Wildman–Crippen LogP) is 3.39. The molecule has 1 aliphatic carbocycles. The van der Waals surface area contributed by atoms with E-state index in [1.54, 1.807) is 12.1 Å². The van der Waals surface area contributed by atoms with Crippen LogP contribution >= 0.6 is 11.5 Å². The highest BCUT2D eigenvalue weighted by atomic mass is 32.1. The van der Waals surface area contributed by atoms with Crippen molar-refractivity contribution in [3.63, 3.8) is 0 Å². The third-order valence-electron chi connectivity index (χ3n) is 6.02. The zero-order valence-corrected chi connectivity index (χ0v) is 19.7. The van der Waals surface area contributed by atoms with Crippen molar-refractivity contribution in [1.29, 1.82) is 0 Å². The summed E-state index contributed by atoms with van der Waals surface area (Å²) in [6, 6.07) is 7.60. The van der Waals surface area contributed by atoms with E-state index in [4.69, 9.17) is 15.9 Å². The van der Waals surface area contributed by atoms with Gasteiger partial charge in [0, 0.05) is 6.04 Å². The largest absolute Gasteiger partial charge is 0.467 e. The molecule has 0 radical (unpaired) electrons. The number of benzene rings is 1. The highest BCUT2D eigenvalue weighted by Gasteiger charge is 2.36. The first-order chi connectivity index (χ1) is 16.8. The Kier molecular flexibility index (Phi) is 7.45. The standard InChI is InChI=1S/C24H26FN5O4S/c25-15-10-8-14(9-11-15)20(23(32)28-16-5-2-1-3-6-16)30(13-17-7-4-12-34-17)24(33)21-18(26)19(22(27)31)29-35-21/h4,7-12,16,20H,1-3,5-6,13,26H2,(H2,27,31)(H,28,32). The van der Waals surface area contributed by atoms with E-state index in [1.807, 2.05) is 0 Å². The molecular formula is C24H26FN5O4S. The molecule has 184 valence electrons. The van der Waals surface area contributed by atoms with Crippen LogP contribution in [0.5, 0.6) is 0 Å². The van der Waals surface area contributed by atoms with Crippen LogP contribution in [-0.2, 0) is 11.3 Å². The summed E-state index contributed by atoms with van der Waals surface area (Å²) in [5.74, 6) is -1.94. The van der Waals surface area contributed by atoms with E-state index in [9.17, 15) is 18.8 Å². The van der Waals surface area contributed by atoms with Gasteiger partial charge in [0.25, 0.3) is 11.8 Å². The van der Waals surface area contributed by atoms with Crippen LogP contribution in [0, 0.1) is 5.82 Å². The zero-order valence-electron chi connectivity index (χ0n) is 18.9. The van der Waals surface area contributed by atoms with Gasteiger partial charge in [-0.1, -0.05) is 31.4 Å². The van der Waals surface area contributed by atoms with Gasteiger partial charge in [-0.3, -0.25) is 14.4 Å². The van der Waals surface area contributed by atoms with Gasteiger partial charge < -0.3 is 26.1 Å². The molecule has 9 nitrogen and oxygen atoms in total. The molecule has 11 heteroatoms. The molecule has 1 fully saturated rings. The average Bonchev–Trinajstić information content (AvgIpc) is 3.49. The molecule has 1 unspecified atom stereocenters. The molecule has 35 heavy (non-hydrogen) atoms. The number of primary amides is 1. The Morgan fingerprint density at radius 2 is 1.89 bits per heavy atom. The van der Waals surface area contributed by atoms with E-state index >= 15 is 0 Å². The lowest BCUT2D eigenvalue weighted by atomic mass is 9.94. The van der Waals surface area contributed by atoms with Crippen LogP contribution < -0.4 is 16.8 Å². The number of nitrogens with zero attached hydrogens (tertiary/aromatic N) is 2. The van der Waals surface area contributed by atoms with Gasteiger partial charge in [-0.2, -0.15) is 4.37 Å². The number of carbonyl (C=O) groups is 3. The number of halogens is 1. The monoisotopic (exact) mass is 499 g/mol. The molecule has 1 aliphatic rings. The van der Waals surface area contributed by atoms with Crippen LogP contribution in [0.15, 0.2) is 47.1 Å². The summed E-state index contributed by atoms with van der Waals surface area (Å²) >= 11 is 0.727. The molecule has 0 aliphatic heterocycles. The number of nitrogen functional groups attached to an aromatic ring is 1. The number of carbonyl (C=O) groups excluding carboxylic acids is 3. The summed E-state index contributed by atoms with van der Waals surface area (Å²) in [4.78, 5) is 40.3. The minimum absolute atomic E-state index is 0.0188. The molecule has 1 atom stereocenters. The number of amides is 3. The molecule has 1 saturated carbocycles. The zero-order chi connectivity index (χ0) is 24.9. The maximum absolute atomic E-state index is 13.8. The Bertz CT molecular complexity index is 1190. The highest BCUT2D eigenvalue weighted by Crippen LogP contribution is 2.31. The lowest BCUT2D eigenvalue weighted by Gasteiger charge is -2.32. The van der Waals surface area contributed by atoms with Gasteiger partial charge in [0.2, 0.25) is 5.91 Å². The number of anilines is 1. The van der Waals surface area contributed by atoms with Crippen molar-refractivity contribution in [3.05, 3.63) is 70.4 Å². The SMILES string of the molecule is NC(=O)c1nsc(C(=O)N(Cc2ccco2)C(C(=O)NC2CCCCC2)c2ccc(F)cc2)c1N. The molecule has 2 heterocycles. The fourth-order valence-electron chi connectivity index (χ4n) is 4.26. The number of furan rings is 1. The highest BCUT2D eigenvalue weighted by molar-refractivity contribution is 7.09. The van der Waals surface area contributed by atoms with Crippen LogP contribution in [-0.4, -0.2) is 33.0 Å². The normalized spacial score (nSPS) is 14.9. The van der Waals surface area contributed by atoms with E-state index in [2.05, 4.69) is 9.69 Å². The fourth-order valence-corrected chi connectivity index (χ4v) is 5.02. The molecule has 4 rings (SSSR count). The number of aromatic nitrogens is 1. The summed E-state index contributed by atoms with van der Waals surface area (Å²) in [5, 5.41) is 3.06. The Morgan fingerprint density at radius 3 is 2.49 bits per heavy atom. The minimum atomic E-state index is -1.12. The first-order valence-corrected chi connectivity index (χ1v) is 12.1.